The van der Waals surface area contributed by atoms with Crippen molar-refractivity contribution in [2.24, 2.45) is 5.73 Å². The third-order valence-electron chi connectivity index (χ3n) is 3.37. The largest absolute Gasteiger partial charge is 0.496 e. The number of aryl methyl sites for hydroxylation is 1. The van der Waals surface area contributed by atoms with Gasteiger partial charge in [0.15, 0.2) is 0 Å². The maximum atomic E-state index is 6.42. The number of ether oxygens (including phenoxy) is 2. The molecule has 1 aromatic rings. The Morgan fingerprint density at radius 3 is 2.62 bits per heavy atom. The van der Waals surface area contributed by atoms with Gasteiger partial charge >= 0.3 is 0 Å². The summed E-state index contributed by atoms with van der Waals surface area (Å²) in [7, 11) is 1.69. The van der Waals surface area contributed by atoms with E-state index in [-0.39, 0.29) is 5.54 Å². The highest BCUT2D eigenvalue weighted by molar-refractivity contribution is 5.39. The summed E-state index contributed by atoms with van der Waals surface area (Å²) < 4.78 is 10.7. The van der Waals surface area contributed by atoms with Crippen molar-refractivity contribution in [2.45, 2.75) is 25.3 Å². The quantitative estimate of drug-likeness (QED) is 0.830. The van der Waals surface area contributed by atoms with Gasteiger partial charge in [-0.25, -0.2) is 0 Å². The average molecular weight is 221 g/mol. The number of methoxy groups -OCH3 is 1. The first-order valence-electron chi connectivity index (χ1n) is 5.67. The molecule has 0 spiro atoms. The van der Waals surface area contributed by atoms with Gasteiger partial charge in [0, 0.05) is 18.8 Å². The Labute approximate surface area is 96.5 Å². The fourth-order valence-corrected chi connectivity index (χ4v) is 2.15. The van der Waals surface area contributed by atoms with E-state index in [2.05, 4.69) is 18.2 Å². The second-order valence-electron chi connectivity index (χ2n) is 4.45. The summed E-state index contributed by atoms with van der Waals surface area (Å²) >= 11 is 0. The second-order valence-corrected chi connectivity index (χ2v) is 4.45. The van der Waals surface area contributed by atoms with Crippen LogP contribution < -0.4 is 10.5 Å². The molecule has 1 saturated heterocycles. The number of benzene rings is 1. The first-order valence-corrected chi connectivity index (χ1v) is 5.67. The molecule has 0 amide bonds. The van der Waals surface area contributed by atoms with E-state index in [1.165, 1.54) is 0 Å². The minimum absolute atomic E-state index is 0.251. The molecule has 1 aromatic carbocycles. The van der Waals surface area contributed by atoms with Crippen LogP contribution in [0.3, 0.4) is 0 Å². The normalized spacial score (nSPS) is 19.4. The lowest BCUT2D eigenvalue weighted by Crippen LogP contribution is -2.42. The van der Waals surface area contributed by atoms with E-state index in [0.29, 0.717) is 0 Å². The Balaban J connectivity index is 2.32. The van der Waals surface area contributed by atoms with Crippen molar-refractivity contribution < 1.29 is 9.47 Å². The topological polar surface area (TPSA) is 44.5 Å². The van der Waals surface area contributed by atoms with Gasteiger partial charge in [0.25, 0.3) is 0 Å². The van der Waals surface area contributed by atoms with Gasteiger partial charge in [-0.1, -0.05) is 12.1 Å². The van der Waals surface area contributed by atoms with E-state index < -0.39 is 0 Å². The Bertz CT molecular complexity index is 370. The minimum Gasteiger partial charge on any atom is -0.496 e. The van der Waals surface area contributed by atoms with Gasteiger partial charge in [-0.05, 0) is 37.0 Å². The maximum absolute atomic E-state index is 6.42. The predicted octanol–water partition coefficient (Wildman–Crippen LogP) is 1.97. The monoisotopic (exact) mass is 221 g/mol. The molecule has 2 N–H and O–H groups in total. The first kappa shape index (κ1) is 11.4. The highest BCUT2D eigenvalue weighted by Crippen LogP contribution is 2.32. The van der Waals surface area contributed by atoms with E-state index in [0.717, 1.165) is 42.9 Å². The van der Waals surface area contributed by atoms with E-state index >= 15 is 0 Å². The first-order chi connectivity index (χ1) is 7.65. The van der Waals surface area contributed by atoms with Crippen LogP contribution in [-0.2, 0) is 10.3 Å². The molecule has 1 fully saturated rings. The van der Waals surface area contributed by atoms with Crippen LogP contribution in [0.15, 0.2) is 18.2 Å². The zero-order valence-corrected chi connectivity index (χ0v) is 9.95. The molecule has 1 heterocycles. The summed E-state index contributed by atoms with van der Waals surface area (Å²) in [6.45, 7) is 3.52. The van der Waals surface area contributed by atoms with Gasteiger partial charge in [-0.2, -0.15) is 0 Å². The molecule has 1 aliphatic rings. The summed E-state index contributed by atoms with van der Waals surface area (Å²) in [6, 6.07) is 6.22. The molecule has 1 aliphatic heterocycles. The van der Waals surface area contributed by atoms with Crippen LogP contribution in [0.1, 0.15) is 24.0 Å². The number of nitrogens with two attached hydrogens (primary N) is 1. The molecular formula is C13H19NO2. The molecule has 2 rings (SSSR count). The molecule has 0 radical (unpaired) electrons. The van der Waals surface area contributed by atoms with Crippen molar-refractivity contribution in [3.63, 3.8) is 0 Å². The lowest BCUT2D eigenvalue weighted by molar-refractivity contribution is 0.0522. The molecule has 0 atom stereocenters. The fourth-order valence-electron chi connectivity index (χ4n) is 2.15. The highest BCUT2D eigenvalue weighted by atomic mass is 16.5. The summed E-state index contributed by atoms with van der Waals surface area (Å²) in [5.74, 6) is 0.911. The van der Waals surface area contributed by atoms with Gasteiger partial charge in [0.05, 0.1) is 7.11 Å². The van der Waals surface area contributed by atoms with Gasteiger partial charge in [0.1, 0.15) is 5.75 Å². The molecule has 3 heteroatoms. The third kappa shape index (κ3) is 2.06. The Morgan fingerprint density at radius 2 is 2.00 bits per heavy atom. The van der Waals surface area contributed by atoms with E-state index in [1.54, 1.807) is 7.11 Å². The molecule has 0 bridgehead atoms. The minimum atomic E-state index is -0.251. The lowest BCUT2D eigenvalue weighted by Gasteiger charge is -2.34. The summed E-state index contributed by atoms with van der Waals surface area (Å²) in [4.78, 5) is 0. The smallest absolute Gasteiger partial charge is 0.122 e. The highest BCUT2D eigenvalue weighted by Gasteiger charge is 2.30. The molecule has 0 saturated carbocycles. The third-order valence-corrected chi connectivity index (χ3v) is 3.37. The van der Waals surface area contributed by atoms with Crippen LogP contribution in [0, 0.1) is 6.92 Å². The van der Waals surface area contributed by atoms with Crippen molar-refractivity contribution in [3.8, 4) is 5.75 Å². The zero-order chi connectivity index (χ0) is 11.6. The van der Waals surface area contributed by atoms with Crippen molar-refractivity contribution in [1.82, 2.24) is 0 Å². The van der Waals surface area contributed by atoms with Crippen LogP contribution in [0.2, 0.25) is 0 Å². The van der Waals surface area contributed by atoms with Crippen molar-refractivity contribution in [1.29, 1.82) is 0 Å². The molecular weight excluding hydrogens is 202 g/mol. The lowest BCUT2D eigenvalue weighted by atomic mass is 9.83. The molecule has 16 heavy (non-hydrogen) atoms. The van der Waals surface area contributed by atoms with E-state index in [4.69, 9.17) is 15.2 Å². The molecule has 88 valence electrons. The van der Waals surface area contributed by atoms with Crippen LogP contribution >= 0.6 is 0 Å². The van der Waals surface area contributed by atoms with Gasteiger partial charge < -0.3 is 15.2 Å². The van der Waals surface area contributed by atoms with Crippen LogP contribution in [-0.4, -0.2) is 20.3 Å². The molecule has 0 unspecified atom stereocenters. The van der Waals surface area contributed by atoms with Gasteiger partial charge in [-0.15, -0.1) is 0 Å². The number of hydrogen-bond acceptors (Lipinski definition) is 3. The standard InChI is InChI=1S/C13H19NO2/c1-10-3-4-11(9-12(10)15-2)13(14)5-7-16-8-6-13/h3-4,9H,5-8,14H2,1-2H3. The predicted molar refractivity (Wildman–Crippen MR) is 63.6 cm³/mol. The Hall–Kier alpha value is -1.06. The zero-order valence-electron chi connectivity index (χ0n) is 9.95. The summed E-state index contributed by atoms with van der Waals surface area (Å²) in [6.07, 6.45) is 1.75. The van der Waals surface area contributed by atoms with Crippen LogP contribution in [0.25, 0.3) is 0 Å². The average Bonchev–Trinajstić information content (AvgIpc) is 2.30. The van der Waals surface area contributed by atoms with Crippen molar-refractivity contribution in [2.75, 3.05) is 20.3 Å². The summed E-state index contributed by atoms with van der Waals surface area (Å²) in [5, 5.41) is 0. The second kappa shape index (κ2) is 4.44. The number of hydrogen-bond donors (Lipinski definition) is 1. The Morgan fingerprint density at radius 1 is 1.31 bits per heavy atom. The van der Waals surface area contributed by atoms with Crippen LogP contribution in [0.5, 0.6) is 5.75 Å². The van der Waals surface area contributed by atoms with Gasteiger partial charge in [0.2, 0.25) is 0 Å². The van der Waals surface area contributed by atoms with Gasteiger partial charge in [-0.3, -0.25) is 0 Å². The molecule has 0 aliphatic carbocycles. The molecule has 3 nitrogen and oxygen atoms in total. The Kier molecular flexibility index (Phi) is 3.17. The maximum Gasteiger partial charge on any atom is 0.122 e. The van der Waals surface area contributed by atoms with E-state index in [1.807, 2.05) is 6.92 Å². The fraction of sp³-hybridized carbons (Fsp3) is 0.538. The van der Waals surface area contributed by atoms with Crippen LogP contribution in [0.4, 0.5) is 0 Å². The van der Waals surface area contributed by atoms with Crippen molar-refractivity contribution >= 4 is 0 Å². The van der Waals surface area contributed by atoms with E-state index in [9.17, 15) is 0 Å². The summed E-state index contributed by atoms with van der Waals surface area (Å²) in [5.41, 5.74) is 8.46. The molecule has 0 aromatic heterocycles. The number of rotatable bonds is 2. The van der Waals surface area contributed by atoms with Crippen molar-refractivity contribution in [3.05, 3.63) is 29.3 Å². The SMILES string of the molecule is COc1cc(C2(N)CCOCC2)ccc1C.